The molecule has 0 radical (unpaired) electrons. The standard InChI is InChI=1S/C23H24Cl2F3NO/c1-29(2)14-18-5-3-4-16(12-15-6-9-19(24)10-7-15)22(18,30)17-8-11-21(25)20(13-17)23(26,27)28/h6-13,18,30H,3-5,14H2,1-2H3/b16-12-. The summed E-state index contributed by atoms with van der Waals surface area (Å²) in [6.07, 6.45) is -0.598. The van der Waals surface area contributed by atoms with Crippen LogP contribution < -0.4 is 0 Å². The molecule has 0 amide bonds. The average molecular weight is 458 g/mol. The molecule has 2 aromatic rings. The van der Waals surface area contributed by atoms with Crippen LogP contribution in [0.3, 0.4) is 0 Å². The molecule has 1 aliphatic rings. The molecule has 2 nitrogen and oxygen atoms in total. The van der Waals surface area contributed by atoms with Gasteiger partial charge in [-0.25, -0.2) is 0 Å². The molecule has 7 heteroatoms. The van der Waals surface area contributed by atoms with Gasteiger partial charge in [0.05, 0.1) is 10.6 Å². The number of alkyl halides is 3. The minimum absolute atomic E-state index is 0.214. The Morgan fingerprint density at radius 2 is 1.80 bits per heavy atom. The molecule has 0 spiro atoms. The molecule has 2 aromatic carbocycles. The third kappa shape index (κ3) is 4.86. The number of hydrogen-bond donors (Lipinski definition) is 1. The lowest BCUT2D eigenvalue weighted by Crippen LogP contribution is -2.44. The molecule has 1 aliphatic carbocycles. The van der Waals surface area contributed by atoms with Crippen LogP contribution in [0.15, 0.2) is 48.0 Å². The first-order valence-electron chi connectivity index (χ1n) is 9.72. The van der Waals surface area contributed by atoms with Crippen LogP contribution in [-0.4, -0.2) is 30.6 Å². The number of halogens is 5. The lowest BCUT2D eigenvalue weighted by atomic mass is 9.67. The van der Waals surface area contributed by atoms with E-state index in [-0.39, 0.29) is 16.5 Å². The van der Waals surface area contributed by atoms with Crippen LogP contribution >= 0.6 is 23.2 Å². The van der Waals surface area contributed by atoms with Crippen LogP contribution in [0.1, 0.15) is 36.0 Å². The van der Waals surface area contributed by atoms with Crippen molar-refractivity contribution in [3.05, 3.63) is 74.8 Å². The molecule has 30 heavy (non-hydrogen) atoms. The van der Waals surface area contributed by atoms with E-state index >= 15 is 0 Å². The van der Waals surface area contributed by atoms with Gasteiger partial charge in [-0.05, 0) is 74.3 Å². The summed E-state index contributed by atoms with van der Waals surface area (Å²) in [7, 11) is 3.78. The molecule has 0 saturated heterocycles. The second-order valence-corrected chi connectivity index (χ2v) is 8.87. The molecule has 0 aliphatic heterocycles. The van der Waals surface area contributed by atoms with Crippen molar-refractivity contribution in [3.63, 3.8) is 0 Å². The largest absolute Gasteiger partial charge is 0.417 e. The van der Waals surface area contributed by atoms with Crippen molar-refractivity contribution in [3.8, 4) is 0 Å². The molecule has 1 saturated carbocycles. The fraction of sp³-hybridized carbons (Fsp3) is 0.391. The highest BCUT2D eigenvalue weighted by Gasteiger charge is 2.45. The molecule has 2 atom stereocenters. The van der Waals surface area contributed by atoms with Crippen molar-refractivity contribution < 1.29 is 18.3 Å². The van der Waals surface area contributed by atoms with Gasteiger partial charge in [0.1, 0.15) is 5.60 Å². The number of hydrogen-bond acceptors (Lipinski definition) is 2. The molecule has 0 aromatic heterocycles. The first-order valence-corrected chi connectivity index (χ1v) is 10.5. The van der Waals surface area contributed by atoms with Crippen molar-refractivity contribution in [2.45, 2.75) is 31.0 Å². The highest BCUT2D eigenvalue weighted by Crippen LogP contribution is 2.48. The molecule has 162 valence electrons. The Hall–Kier alpha value is -1.53. The van der Waals surface area contributed by atoms with Gasteiger partial charge in [0.25, 0.3) is 0 Å². The Bertz CT molecular complexity index is 925. The Balaban J connectivity index is 2.17. The summed E-state index contributed by atoms with van der Waals surface area (Å²) in [4.78, 5) is 1.95. The molecule has 0 bridgehead atoms. The number of rotatable bonds is 4. The van der Waals surface area contributed by atoms with E-state index < -0.39 is 17.3 Å². The van der Waals surface area contributed by atoms with E-state index in [4.69, 9.17) is 23.2 Å². The predicted octanol–water partition coefficient (Wildman–Crippen LogP) is 6.65. The summed E-state index contributed by atoms with van der Waals surface area (Å²) >= 11 is 11.8. The van der Waals surface area contributed by atoms with Gasteiger partial charge < -0.3 is 10.0 Å². The normalized spacial score (nSPS) is 23.9. The molecule has 1 fully saturated rings. The highest BCUT2D eigenvalue weighted by atomic mass is 35.5. The van der Waals surface area contributed by atoms with E-state index in [9.17, 15) is 18.3 Å². The average Bonchev–Trinajstić information content (AvgIpc) is 2.66. The summed E-state index contributed by atoms with van der Waals surface area (Å²) in [5.41, 5.74) is -0.727. The Labute approximate surface area is 184 Å². The smallest absolute Gasteiger partial charge is 0.380 e. The molecule has 0 heterocycles. The fourth-order valence-corrected chi connectivity index (χ4v) is 4.56. The zero-order valence-electron chi connectivity index (χ0n) is 16.8. The van der Waals surface area contributed by atoms with Gasteiger partial charge in [0, 0.05) is 17.5 Å². The van der Waals surface area contributed by atoms with E-state index in [0.29, 0.717) is 30.0 Å². The Morgan fingerprint density at radius 3 is 2.40 bits per heavy atom. The summed E-state index contributed by atoms with van der Waals surface area (Å²) in [5, 5.41) is 12.2. The third-order valence-electron chi connectivity index (χ3n) is 5.59. The summed E-state index contributed by atoms with van der Waals surface area (Å²) in [5.74, 6) is -0.262. The van der Waals surface area contributed by atoms with Crippen molar-refractivity contribution in [1.82, 2.24) is 4.90 Å². The second-order valence-electron chi connectivity index (χ2n) is 8.03. The van der Waals surface area contributed by atoms with Gasteiger partial charge >= 0.3 is 6.18 Å². The van der Waals surface area contributed by atoms with Crippen molar-refractivity contribution >= 4 is 29.3 Å². The maximum atomic E-state index is 13.5. The fourth-order valence-electron chi connectivity index (χ4n) is 4.21. The van der Waals surface area contributed by atoms with E-state index in [1.54, 1.807) is 12.1 Å². The molecular weight excluding hydrogens is 434 g/mol. The predicted molar refractivity (Wildman–Crippen MR) is 116 cm³/mol. The van der Waals surface area contributed by atoms with Crippen LogP contribution in [0.2, 0.25) is 10.0 Å². The number of benzene rings is 2. The van der Waals surface area contributed by atoms with Gasteiger partial charge in [0.2, 0.25) is 0 Å². The van der Waals surface area contributed by atoms with Crippen LogP contribution in [0.5, 0.6) is 0 Å². The van der Waals surface area contributed by atoms with Crippen LogP contribution in [-0.2, 0) is 11.8 Å². The quantitative estimate of drug-likeness (QED) is 0.555. The first-order chi connectivity index (χ1) is 14.0. The van der Waals surface area contributed by atoms with E-state index in [1.165, 1.54) is 12.1 Å². The Morgan fingerprint density at radius 1 is 1.13 bits per heavy atom. The van der Waals surface area contributed by atoms with Gasteiger partial charge in [-0.3, -0.25) is 0 Å². The highest BCUT2D eigenvalue weighted by molar-refractivity contribution is 6.31. The molecular formula is C23H24Cl2F3NO. The third-order valence-corrected chi connectivity index (χ3v) is 6.17. The van der Waals surface area contributed by atoms with Gasteiger partial charge in [-0.15, -0.1) is 0 Å². The monoisotopic (exact) mass is 457 g/mol. The summed E-state index contributed by atoms with van der Waals surface area (Å²) in [6.45, 7) is 0.540. The van der Waals surface area contributed by atoms with Crippen molar-refractivity contribution in [2.75, 3.05) is 20.6 Å². The van der Waals surface area contributed by atoms with Crippen molar-refractivity contribution in [2.24, 2.45) is 5.92 Å². The topological polar surface area (TPSA) is 23.5 Å². The first kappa shape index (κ1) is 23.1. The van der Waals surface area contributed by atoms with E-state index in [0.717, 1.165) is 18.1 Å². The van der Waals surface area contributed by atoms with Crippen molar-refractivity contribution in [1.29, 1.82) is 0 Å². The lowest BCUT2D eigenvalue weighted by Gasteiger charge is -2.44. The van der Waals surface area contributed by atoms with E-state index in [2.05, 4.69) is 0 Å². The number of aliphatic hydroxyl groups is 1. The Kier molecular flexibility index (Phi) is 6.87. The summed E-state index contributed by atoms with van der Waals surface area (Å²) in [6, 6.07) is 10.9. The zero-order valence-corrected chi connectivity index (χ0v) is 18.3. The van der Waals surface area contributed by atoms with Gasteiger partial charge in [0.15, 0.2) is 0 Å². The summed E-state index contributed by atoms with van der Waals surface area (Å²) < 4.78 is 40.5. The van der Waals surface area contributed by atoms with Crippen LogP contribution in [0.4, 0.5) is 13.2 Å². The maximum absolute atomic E-state index is 13.5. The molecule has 2 unspecified atom stereocenters. The maximum Gasteiger partial charge on any atom is 0.417 e. The van der Waals surface area contributed by atoms with Gasteiger partial charge in [-0.1, -0.05) is 47.5 Å². The van der Waals surface area contributed by atoms with Gasteiger partial charge in [-0.2, -0.15) is 13.2 Å². The minimum atomic E-state index is -4.60. The van der Waals surface area contributed by atoms with Crippen LogP contribution in [0.25, 0.3) is 6.08 Å². The molecule has 3 rings (SSSR count). The minimum Gasteiger partial charge on any atom is -0.380 e. The zero-order chi connectivity index (χ0) is 22.1. The SMILES string of the molecule is CN(C)CC1CCC/C(=C/c2ccc(Cl)cc2)C1(O)c1ccc(Cl)c(C(F)(F)F)c1. The second kappa shape index (κ2) is 8.91. The number of nitrogens with zero attached hydrogens (tertiary/aromatic N) is 1. The van der Waals surface area contributed by atoms with Crippen LogP contribution in [0, 0.1) is 5.92 Å². The lowest BCUT2D eigenvalue weighted by molar-refractivity contribution is -0.137. The molecule has 1 N–H and O–H groups in total. The van der Waals surface area contributed by atoms with E-state index in [1.807, 2.05) is 37.2 Å².